The topological polar surface area (TPSA) is 181 Å². The molecule has 1 heterocycles. The minimum absolute atomic E-state index is 0.0254. The molecule has 2 atom stereocenters. The number of thioether (sulfide) groups is 1. The van der Waals surface area contributed by atoms with Crippen molar-refractivity contribution in [1.29, 1.82) is 0 Å². The summed E-state index contributed by atoms with van der Waals surface area (Å²) in [7, 11) is -3.11. The number of rotatable bonds is 23. The molecule has 2 N–H and O–H groups in total. The van der Waals surface area contributed by atoms with Gasteiger partial charge in [-0.3, -0.25) is 28.9 Å². The number of nitrogens with zero attached hydrogens (tertiary/aromatic N) is 1. The van der Waals surface area contributed by atoms with E-state index in [1.165, 1.54) is 63.2 Å². The number of ether oxygens (including phenoxy) is 1. The number of hydrogen-bond acceptors (Lipinski definition) is 10. The Balaban J connectivity index is 0.00000180. The molecule has 12 nitrogen and oxygen atoms in total. The van der Waals surface area contributed by atoms with Crippen molar-refractivity contribution in [2.45, 2.75) is 121 Å². The van der Waals surface area contributed by atoms with Gasteiger partial charge in [-0.1, -0.05) is 101 Å². The van der Waals surface area contributed by atoms with Gasteiger partial charge in [-0.15, -0.1) is 24.4 Å². The lowest BCUT2D eigenvalue weighted by Crippen LogP contribution is -2.34. The lowest BCUT2D eigenvalue weighted by Gasteiger charge is -2.16. The van der Waals surface area contributed by atoms with E-state index in [0.29, 0.717) is 5.69 Å². The third-order valence-electron chi connectivity index (χ3n) is 9.41. The predicted octanol–water partition coefficient (Wildman–Crippen LogP) is 7.09. The summed E-state index contributed by atoms with van der Waals surface area (Å²) < 4.78 is 30.7. The molecule has 0 bridgehead atoms. The highest BCUT2D eigenvalue weighted by Crippen LogP contribution is 2.45. The SMILES string of the molecule is CC(=O)OCC1c2ccccc2-c2ccc(NC(=O)CCN3C(=O)CC(SCCCCCCCCCCCCCCCC(=O)O)C3=O)cc21.O=S(=O)=O. The molecular weight excluding hydrogens is 721 g/mol. The number of carboxylic acids is 1. The summed E-state index contributed by atoms with van der Waals surface area (Å²) in [5, 5.41) is 11.2. The van der Waals surface area contributed by atoms with Crippen LogP contribution in [0.25, 0.3) is 11.1 Å². The molecule has 1 saturated heterocycles. The highest BCUT2D eigenvalue weighted by molar-refractivity contribution is 8.00. The maximum Gasteiger partial charge on any atom is 0.425 e. The smallest absolute Gasteiger partial charge is 0.425 e. The van der Waals surface area contributed by atoms with E-state index in [1.54, 1.807) is 11.8 Å². The van der Waals surface area contributed by atoms with E-state index < -0.39 is 16.6 Å². The number of unbranched alkanes of at least 4 members (excludes halogenated alkanes) is 12. The Kier molecular flexibility index (Phi) is 19.3. The first kappa shape index (κ1) is 43.4. The van der Waals surface area contributed by atoms with Crippen LogP contribution in [0.5, 0.6) is 0 Å². The van der Waals surface area contributed by atoms with E-state index in [0.717, 1.165) is 60.1 Å². The van der Waals surface area contributed by atoms with Crippen molar-refractivity contribution >= 4 is 57.7 Å². The predicted molar refractivity (Wildman–Crippen MR) is 203 cm³/mol. The van der Waals surface area contributed by atoms with Crippen LogP contribution in [0.3, 0.4) is 0 Å². The highest BCUT2D eigenvalue weighted by atomic mass is 32.2. The van der Waals surface area contributed by atoms with Crippen molar-refractivity contribution in [2.75, 3.05) is 24.2 Å². The molecule has 1 aliphatic heterocycles. The summed E-state index contributed by atoms with van der Waals surface area (Å²) in [5.41, 5.74) is 4.82. The molecule has 290 valence electrons. The Morgan fingerprint density at radius 3 is 1.98 bits per heavy atom. The number of imide groups is 1. The Hall–Kier alpha value is -4.04. The zero-order valence-corrected chi connectivity index (χ0v) is 32.1. The number of carbonyl (C=O) groups excluding carboxylic acids is 4. The Labute approximate surface area is 317 Å². The molecule has 0 radical (unpaired) electrons. The highest BCUT2D eigenvalue weighted by Gasteiger charge is 2.38. The van der Waals surface area contributed by atoms with Gasteiger partial charge < -0.3 is 15.2 Å². The molecular formula is C39H52N2O10S2. The van der Waals surface area contributed by atoms with Gasteiger partial charge in [0.1, 0.15) is 6.61 Å². The fourth-order valence-corrected chi connectivity index (χ4v) is 7.96. The third-order valence-corrected chi connectivity index (χ3v) is 10.7. The minimum Gasteiger partial charge on any atom is -0.481 e. The Morgan fingerprint density at radius 1 is 0.811 bits per heavy atom. The Morgan fingerprint density at radius 2 is 1.38 bits per heavy atom. The largest absolute Gasteiger partial charge is 0.481 e. The van der Waals surface area contributed by atoms with Crippen molar-refractivity contribution in [1.82, 2.24) is 4.90 Å². The van der Waals surface area contributed by atoms with Gasteiger partial charge in [0.05, 0.1) is 5.25 Å². The molecule has 1 fully saturated rings. The fraction of sp³-hybridized carbons (Fsp3) is 0.564. The van der Waals surface area contributed by atoms with Gasteiger partial charge in [0.25, 0.3) is 0 Å². The van der Waals surface area contributed by atoms with Crippen LogP contribution >= 0.6 is 11.8 Å². The lowest BCUT2D eigenvalue weighted by atomic mass is 9.97. The number of carboxylic acid groups (broad SMARTS) is 1. The van der Waals surface area contributed by atoms with Crippen LogP contribution < -0.4 is 5.32 Å². The fourth-order valence-electron chi connectivity index (χ4n) is 6.77. The monoisotopic (exact) mass is 772 g/mol. The number of benzene rings is 2. The first-order valence-corrected chi connectivity index (χ1v) is 20.6. The number of carbonyl (C=O) groups is 5. The second-order valence-electron chi connectivity index (χ2n) is 13.4. The summed E-state index contributed by atoms with van der Waals surface area (Å²) in [6.45, 7) is 1.68. The van der Waals surface area contributed by atoms with Crippen LogP contribution in [-0.2, 0) is 39.3 Å². The summed E-state index contributed by atoms with van der Waals surface area (Å²) in [4.78, 5) is 61.8. The zero-order chi connectivity index (χ0) is 38.6. The average Bonchev–Trinajstić information content (AvgIpc) is 3.56. The normalized spacial score (nSPS) is 15.7. The molecule has 14 heteroatoms. The number of likely N-dealkylation sites (tertiary alicyclic amines) is 1. The van der Waals surface area contributed by atoms with Crippen molar-refractivity contribution in [2.24, 2.45) is 0 Å². The van der Waals surface area contributed by atoms with Crippen LogP contribution in [0.2, 0.25) is 0 Å². The van der Waals surface area contributed by atoms with Crippen LogP contribution in [0.4, 0.5) is 5.69 Å². The van der Waals surface area contributed by atoms with E-state index in [9.17, 15) is 24.0 Å². The van der Waals surface area contributed by atoms with Crippen LogP contribution in [0, 0.1) is 0 Å². The molecule has 2 aromatic rings. The molecule has 0 spiro atoms. The average molecular weight is 773 g/mol. The second-order valence-corrected chi connectivity index (χ2v) is 15.2. The first-order valence-electron chi connectivity index (χ1n) is 18.6. The molecule has 1 aliphatic carbocycles. The van der Waals surface area contributed by atoms with Crippen molar-refractivity contribution in [3.63, 3.8) is 0 Å². The molecule has 2 aliphatic rings. The second kappa shape index (κ2) is 23.6. The van der Waals surface area contributed by atoms with Gasteiger partial charge in [-0.25, -0.2) is 0 Å². The number of anilines is 1. The van der Waals surface area contributed by atoms with Gasteiger partial charge in [-0.05, 0) is 53.0 Å². The third kappa shape index (κ3) is 15.5. The number of amides is 3. The molecule has 0 saturated carbocycles. The van der Waals surface area contributed by atoms with Gasteiger partial charge in [0.2, 0.25) is 17.7 Å². The van der Waals surface area contributed by atoms with E-state index in [-0.39, 0.29) is 67.3 Å². The lowest BCUT2D eigenvalue weighted by molar-refractivity contribution is -0.141. The maximum atomic E-state index is 13.0. The zero-order valence-electron chi connectivity index (χ0n) is 30.5. The maximum absolute atomic E-state index is 13.0. The number of fused-ring (bicyclic) bond motifs is 3. The van der Waals surface area contributed by atoms with Gasteiger partial charge >= 0.3 is 22.5 Å². The molecule has 53 heavy (non-hydrogen) atoms. The summed E-state index contributed by atoms with van der Waals surface area (Å²) in [5.74, 6) is -0.977. The van der Waals surface area contributed by atoms with Crippen LogP contribution in [0.15, 0.2) is 42.5 Å². The van der Waals surface area contributed by atoms with Crippen LogP contribution in [-0.4, -0.2) is 76.4 Å². The van der Waals surface area contributed by atoms with Crippen molar-refractivity contribution in [3.05, 3.63) is 53.6 Å². The summed E-state index contributed by atoms with van der Waals surface area (Å²) in [6.07, 6.45) is 15.5. The number of nitrogens with one attached hydrogen (secondary N) is 1. The summed E-state index contributed by atoms with van der Waals surface area (Å²) in [6, 6.07) is 13.7. The van der Waals surface area contributed by atoms with Crippen molar-refractivity contribution < 1.29 is 46.4 Å². The van der Waals surface area contributed by atoms with Gasteiger partial charge in [0, 0.05) is 44.3 Å². The van der Waals surface area contributed by atoms with E-state index in [1.807, 2.05) is 42.5 Å². The minimum atomic E-state index is -3.11. The molecule has 3 amide bonds. The number of aliphatic carboxylic acids is 1. The molecule has 2 unspecified atom stereocenters. The summed E-state index contributed by atoms with van der Waals surface area (Å²) >= 11 is 1.56. The molecule has 2 aromatic carbocycles. The molecule has 4 rings (SSSR count). The number of esters is 1. The standard InChI is InChI=1S/C39H52N2O7S.O3S/c1-28(42)48-27-34-31-18-15-14-17-30(31)32-21-20-29(25-33(32)34)40-36(43)22-23-41-37(44)26-35(39(41)47)49-24-16-12-10-8-6-4-2-3-5-7-9-11-13-19-38(45)46;1-4(2)3/h14-15,17-18,20-21,25,34-35H,2-13,16,19,22-24,26-27H2,1H3,(H,40,43)(H,45,46);. The molecule has 0 aromatic heterocycles. The number of hydrogen-bond donors (Lipinski definition) is 2. The van der Waals surface area contributed by atoms with Gasteiger partial charge in [0.15, 0.2) is 0 Å². The van der Waals surface area contributed by atoms with Crippen molar-refractivity contribution in [3.8, 4) is 11.1 Å². The van der Waals surface area contributed by atoms with Crippen LogP contribution in [0.1, 0.15) is 127 Å². The van der Waals surface area contributed by atoms with Gasteiger partial charge in [-0.2, -0.15) is 0 Å². The first-order chi connectivity index (χ1) is 25.5. The van der Waals surface area contributed by atoms with E-state index in [2.05, 4.69) is 5.32 Å². The van der Waals surface area contributed by atoms with E-state index in [4.69, 9.17) is 22.5 Å². The Bertz CT molecular complexity index is 1660. The van der Waals surface area contributed by atoms with E-state index >= 15 is 0 Å². The quantitative estimate of drug-likeness (QED) is 0.0668.